The van der Waals surface area contributed by atoms with Crippen LogP contribution < -0.4 is 14.4 Å². The van der Waals surface area contributed by atoms with Gasteiger partial charge in [-0.15, -0.1) is 0 Å². The minimum Gasteiger partial charge on any atom is -0.457 e. The largest absolute Gasteiger partial charge is 0.457 e. The first-order chi connectivity index (χ1) is 43.8. The van der Waals surface area contributed by atoms with E-state index < -0.39 is 10.8 Å². The molecule has 0 radical (unpaired) electrons. The summed E-state index contributed by atoms with van der Waals surface area (Å²) in [4.78, 5) is 2.33. The number of anilines is 3. The van der Waals surface area contributed by atoms with Crippen molar-refractivity contribution in [3.63, 3.8) is 0 Å². The number of ether oxygens (including phenoxy) is 2. The van der Waals surface area contributed by atoms with Gasteiger partial charge in [-0.2, -0.15) is 0 Å². The van der Waals surface area contributed by atoms with Crippen LogP contribution in [-0.2, 0) is 10.8 Å². The molecule has 424 valence electrons. The second-order valence-corrected chi connectivity index (χ2v) is 22.7. The molecule has 0 N–H and O–H groups in total. The zero-order chi connectivity index (χ0) is 60.1. The number of rotatable bonds is 15. The van der Waals surface area contributed by atoms with Crippen LogP contribution in [0, 0.1) is 11.6 Å². The van der Waals surface area contributed by atoms with E-state index in [0.29, 0.717) is 23.0 Å². The van der Waals surface area contributed by atoms with Crippen molar-refractivity contribution >= 4 is 29.2 Å². The summed E-state index contributed by atoms with van der Waals surface area (Å²) in [7, 11) is 0. The number of fused-ring (bicyclic) bond motifs is 6. The minimum atomic E-state index is -0.982. The van der Waals surface area contributed by atoms with Crippen LogP contribution in [0.1, 0.15) is 55.6 Å². The highest BCUT2D eigenvalue weighted by atomic mass is 19.1. The van der Waals surface area contributed by atoms with E-state index in [4.69, 9.17) is 9.47 Å². The molecule has 0 saturated carbocycles. The summed E-state index contributed by atoms with van der Waals surface area (Å²) in [5, 5.41) is 0. The first kappa shape index (κ1) is 54.3. The first-order valence-electron chi connectivity index (χ1n) is 29.9. The molecule has 0 bridgehead atoms. The molecule has 15 rings (SSSR count). The molecule has 0 spiro atoms. The molecule has 0 aliphatic heterocycles. The summed E-state index contributed by atoms with van der Waals surface area (Å²) in [6.07, 6.45) is 3.62. The SMILES string of the molecule is C=Cc1ccc(Oc2ccc(C3(c4cccc(F)c4)c4ccccc4-c4ccc(N(c5ccc(-c6cccc(-c7ccccc7)c6)cc5)c5ccc6c(c5)C(c5ccc(Oc7ccc(C=C)cc7)cc5)(c5cccc(F)c5)c5ccccc5-6)cc43)cc2)cc1. The van der Waals surface area contributed by atoms with Crippen molar-refractivity contribution in [1.82, 2.24) is 0 Å². The maximum atomic E-state index is 16.1. The average Bonchev–Trinajstić information content (AvgIpc) is 1.61. The van der Waals surface area contributed by atoms with Crippen LogP contribution >= 0.6 is 0 Å². The molecule has 0 heterocycles. The van der Waals surface area contributed by atoms with Gasteiger partial charge < -0.3 is 14.4 Å². The Balaban J connectivity index is 0.931. The zero-order valence-corrected chi connectivity index (χ0v) is 48.5. The summed E-state index contributed by atoms with van der Waals surface area (Å²) in [5.74, 6) is 2.09. The second kappa shape index (κ2) is 22.5. The predicted molar refractivity (Wildman–Crippen MR) is 360 cm³/mol. The first-order valence-corrected chi connectivity index (χ1v) is 29.9. The molecule has 2 aliphatic carbocycles. The van der Waals surface area contributed by atoms with E-state index >= 15 is 8.78 Å². The maximum Gasteiger partial charge on any atom is 0.127 e. The fourth-order valence-electron chi connectivity index (χ4n) is 13.8. The molecule has 0 amide bonds. The van der Waals surface area contributed by atoms with Crippen LogP contribution in [0.25, 0.3) is 56.7 Å². The van der Waals surface area contributed by atoms with Gasteiger partial charge in [0.1, 0.15) is 34.6 Å². The Labute approximate surface area is 517 Å². The van der Waals surface area contributed by atoms with Gasteiger partial charge in [-0.05, 0) is 215 Å². The van der Waals surface area contributed by atoms with E-state index in [2.05, 4.69) is 200 Å². The topological polar surface area (TPSA) is 21.7 Å². The van der Waals surface area contributed by atoms with Gasteiger partial charge in [-0.1, -0.05) is 219 Å². The van der Waals surface area contributed by atoms with E-state index in [1.807, 2.05) is 103 Å². The standard InChI is InChI=1S/C84H57F2NO2/c1-3-56-27-41-71(42-28-56)88-73-45-33-62(34-46-73)83(64-19-13-21-66(85)52-64)79-25-10-8-23-75(79)77-49-39-69(54-81(77)83)87(68-37-31-59(32-38-68)61-18-12-17-60(51-61)58-15-6-5-7-16-58)70-40-50-78-76-24-9-11-26-80(76)84(82(78)55-70,65-20-14-22-67(86)53-65)63-35-47-74(48-36-63)89-72-43-29-57(4-2)30-44-72/h3-55H,1-2H2. The van der Waals surface area contributed by atoms with E-state index in [1.54, 1.807) is 24.3 Å². The van der Waals surface area contributed by atoms with Crippen LogP contribution in [0.3, 0.4) is 0 Å². The van der Waals surface area contributed by atoms with Gasteiger partial charge >= 0.3 is 0 Å². The predicted octanol–water partition coefficient (Wildman–Crippen LogP) is 22.4. The summed E-state index contributed by atoms with van der Waals surface area (Å²) in [5.41, 5.74) is 18.9. The summed E-state index contributed by atoms with van der Waals surface area (Å²) in [6, 6.07) is 105. The Morgan fingerprint density at radius 3 is 1.09 bits per heavy atom. The Morgan fingerprint density at radius 2 is 0.652 bits per heavy atom. The van der Waals surface area contributed by atoms with Gasteiger partial charge in [0.05, 0.1) is 10.8 Å². The normalized spacial score (nSPS) is 15.0. The van der Waals surface area contributed by atoms with Crippen molar-refractivity contribution in [1.29, 1.82) is 0 Å². The van der Waals surface area contributed by atoms with E-state index in [1.165, 1.54) is 12.1 Å². The smallest absolute Gasteiger partial charge is 0.127 e. The third-order valence-corrected chi connectivity index (χ3v) is 17.8. The highest BCUT2D eigenvalue weighted by molar-refractivity contribution is 5.93. The van der Waals surface area contributed by atoms with Crippen molar-refractivity contribution in [2.45, 2.75) is 10.8 Å². The maximum absolute atomic E-state index is 16.1. The lowest BCUT2D eigenvalue weighted by molar-refractivity contribution is 0.482. The third kappa shape index (κ3) is 9.43. The Morgan fingerprint density at radius 1 is 0.281 bits per heavy atom. The fourth-order valence-corrected chi connectivity index (χ4v) is 13.8. The summed E-state index contributed by atoms with van der Waals surface area (Å²) in [6.45, 7) is 7.82. The molecule has 0 aromatic heterocycles. The van der Waals surface area contributed by atoms with Crippen molar-refractivity contribution in [3.8, 4) is 67.5 Å². The van der Waals surface area contributed by atoms with Gasteiger partial charge in [-0.3, -0.25) is 0 Å². The Hall–Kier alpha value is -11.4. The number of halogens is 2. The van der Waals surface area contributed by atoms with Crippen molar-refractivity contribution in [3.05, 3.63) is 390 Å². The molecule has 2 unspecified atom stereocenters. The van der Waals surface area contributed by atoms with Crippen LogP contribution in [0.5, 0.6) is 23.0 Å². The van der Waals surface area contributed by atoms with Gasteiger partial charge in [0.15, 0.2) is 0 Å². The lowest BCUT2D eigenvalue weighted by Crippen LogP contribution is -2.29. The van der Waals surface area contributed by atoms with E-state index in [-0.39, 0.29) is 11.6 Å². The molecule has 5 heteroatoms. The van der Waals surface area contributed by atoms with Gasteiger partial charge in [-0.25, -0.2) is 8.78 Å². The van der Waals surface area contributed by atoms with Crippen molar-refractivity contribution in [2.24, 2.45) is 0 Å². The highest BCUT2D eigenvalue weighted by Gasteiger charge is 2.48. The summed E-state index contributed by atoms with van der Waals surface area (Å²) >= 11 is 0. The molecule has 13 aromatic carbocycles. The van der Waals surface area contributed by atoms with Crippen LogP contribution in [0.4, 0.5) is 25.8 Å². The Kier molecular flexibility index (Phi) is 13.7. The second-order valence-electron chi connectivity index (χ2n) is 22.7. The number of hydrogen-bond donors (Lipinski definition) is 0. The molecule has 89 heavy (non-hydrogen) atoms. The molecule has 0 saturated heterocycles. The zero-order valence-electron chi connectivity index (χ0n) is 48.5. The monoisotopic (exact) mass is 1150 g/mol. The van der Waals surface area contributed by atoms with Crippen LogP contribution in [-0.4, -0.2) is 0 Å². The molecule has 3 nitrogen and oxygen atoms in total. The lowest BCUT2D eigenvalue weighted by atomic mass is 9.67. The summed E-state index contributed by atoms with van der Waals surface area (Å²) < 4.78 is 45.2. The fraction of sp³-hybridized carbons (Fsp3) is 0.0238. The molecule has 0 fully saturated rings. The lowest BCUT2D eigenvalue weighted by Gasteiger charge is -2.36. The number of hydrogen-bond acceptors (Lipinski definition) is 3. The number of benzene rings is 13. The minimum absolute atomic E-state index is 0.329. The highest BCUT2D eigenvalue weighted by Crippen LogP contribution is 2.60. The Bertz CT molecular complexity index is 4580. The van der Waals surface area contributed by atoms with Crippen molar-refractivity contribution in [2.75, 3.05) is 4.90 Å². The molecular formula is C84H57F2NO2. The average molecular weight is 1150 g/mol. The third-order valence-electron chi connectivity index (χ3n) is 17.8. The number of nitrogens with zero attached hydrogens (tertiary/aromatic N) is 1. The molecule has 2 aliphatic rings. The van der Waals surface area contributed by atoms with Crippen LogP contribution in [0.15, 0.2) is 323 Å². The molecular weight excluding hydrogens is 1090 g/mol. The van der Waals surface area contributed by atoms with Gasteiger partial charge in [0.2, 0.25) is 0 Å². The molecule has 2 atom stereocenters. The van der Waals surface area contributed by atoms with Crippen LogP contribution in [0.2, 0.25) is 0 Å². The quantitative estimate of drug-likeness (QED) is 0.102. The molecule has 13 aromatic rings. The van der Waals surface area contributed by atoms with Crippen molar-refractivity contribution < 1.29 is 18.3 Å². The van der Waals surface area contributed by atoms with E-state index in [0.717, 1.165) is 117 Å². The van der Waals surface area contributed by atoms with Gasteiger partial charge in [0, 0.05) is 17.1 Å². The van der Waals surface area contributed by atoms with Gasteiger partial charge in [0.25, 0.3) is 0 Å². The van der Waals surface area contributed by atoms with E-state index in [9.17, 15) is 0 Å².